The van der Waals surface area contributed by atoms with Crippen LogP contribution in [0.1, 0.15) is 0 Å². The maximum absolute atomic E-state index is 6.18. The zero-order chi connectivity index (χ0) is 13.0. The van der Waals surface area contributed by atoms with E-state index in [1.54, 1.807) is 7.11 Å². The fourth-order valence-corrected chi connectivity index (χ4v) is 2.36. The minimum Gasteiger partial charge on any atom is -0.383 e. The summed E-state index contributed by atoms with van der Waals surface area (Å²) in [5.41, 5.74) is 0. The van der Waals surface area contributed by atoms with Crippen LogP contribution < -0.4 is 4.90 Å². The van der Waals surface area contributed by atoms with Crippen molar-refractivity contribution in [2.45, 2.75) is 5.38 Å². The lowest BCUT2D eigenvalue weighted by atomic mass is 10.1. The van der Waals surface area contributed by atoms with Crippen LogP contribution in [0.2, 0.25) is 0 Å². The maximum atomic E-state index is 6.18. The van der Waals surface area contributed by atoms with E-state index in [0.29, 0.717) is 13.2 Å². The highest BCUT2D eigenvalue weighted by atomic mass is 35.5. The zero-order valence-corrected chi connectivity index (χ0v) is 11.4. The third kappa shape index (κ3) is 2.92. The molecule has 4 heteroatoms. The molecule has 96 valence electrons. The van der Waals surface area contributed by atoms with Gasteiger partial charge in [-0.1, -0.05) is 24.3 Å². The van der Waals surface area contributed by atoms with E-state index in [-0.39, 0.29) is 5.38 Å². The van der Waals surface area contributed by atoms with Gasteiger partial charge in [-0.25, -0.2) is 4.98 Å². The summed E-state index contributed by atoms with van der Waals surface area (Å²) in [6.45, 7) is 1.24. The lowest BCUT2D eigenvalue weighted by molar-refractivity contribution is 0.199. The Morgan fingerprint density at radius 1 is 1.33 bits per heavy atom. The van der Waals surface area contributed by atoms with Gasteiger partial charge in [0.15, 0.2) is 0 Å². The Hall–Kier alpha value is -1.32. The molecular weight excluding hydrogens is 248 g/mol. The first-order valence-electron chi connectivity index (χ1n) is 5.90. The quantitative estimate of drug-likeness (QED) is 0.777. The molecule has 18 heavy (non-hydrogen) atoms. The van der Waals surface area contributed by atoms with Gasteiger partial charge in [-0.2, -0.15) is 0 Å². The summed E-state index contributed by atoms with van der Waals surface area (Å²) < 4.78 is 5.05. The van der Waals surface area contributed by atoms with Gasteiger partial charge in [-0.3, -0.25) is 0 Å². The van der Waals surface area contributed by atoms with E-state index < -0.39 is 0 Å². The summed E-state index contributed by atoms with van der Waals surface area (Å²) in [4.78, 5) is 6.51. The highest BCUT2D eigenvalue weighted by Gasteiger charge is 2.12. The molecule has 0 saturated heterocycles. The van der Waals surface area contributed by atoms with Crippen LogP contribution >= 0.6 is 11.6 Å². The Morgan fingerprint density at radius 2 is 2.11 bits per heavy atom. The van der Waals surface area contributed by atoms with E-state index in [1.165, 1.54) is 5.39 Å². The van der Waals surface area contributed by atoms with Crippen LogP contribution in [0.5, 0.6) is 0 Å². The lowest BCUT2D eigenvalue weighted by Crippen LogP contribution is -2.29. The van der Waals surface area contributed by atoms with Gasteiger partial charge in [-0.15, -0.1) is 11.6 Å². The highest BCUT2D eigenvalue weighted by Crippen LogP contribution is 2.23. The van der Waals surface area contributed by atoms with E-state index >= 15 is 0 Å². The van der Waals surface area contributed by atoms with Crippen molar-refractivity contribution >= 4 is 28.2 Å². The van der Waals surface area contributed by atoms with Gasteiger partial charge >= 0.3 is 0 Å². The number of pyridine rings is 1. The average Bonchev–Trinajstić information content (AvgIpc) is 2.38. The van der Waals surface area contributed by atoms with Crippen molar-refractivity contribution in [2.24, 2.45) is 0 Å². The highest BCUT2D eigenvalue weighted by molar-refractivity contribution is 6.21. The fraction of sp³-hybridized carbons (Fsp3) is 0.357. The standard InChI is InChI=1S/C14H17ClN2O/c1-17(9-12(15)10-18-2)14-13-6-4-3-5-11(13)7-8-16-14/h3-8,12H,9-10H2,1-2H3. The maximum Gasteiger partial charge on any atom is 0.136 e. The molecule has 1 atom stereocenters. The van der Waals surface area contributed by atoms with Crippen molar-refractivity contribution in [3.05, 3.63) is 36.5 Å². The summed E-state index contributed by atoms with van der Waals surface area (Å²) in [6, 6.07) is 10.2. The molecule has 0 aliphatic rings. The number of methoxy groups -OCH3 is 1. The number of halogens is 1. The van der Waals surface area contributed by atoms with Gasteiger partial charge in [0, 0.05) is 32.3 Å². The molecule has 0 amide bonds. The summed E-state index contributed by atoms with van der Waals surface area (Å²) in [7, 11) is 3.66. The van der Waals surface area contributed by atoms with Crippen LogP contribution in [0, 0.1) is 0 Å². The Morgan fingerprint density at radius 3 is 2.89 bits per heavy atom. The molecule has 0 radical (unpaired) electrons. The number of aromatic nitrogens is 1. The number of benzene rings is 1. The monoisotopic (exact) mass is 264 g/mol. The molecule has 1 heterocycles. The third-order valence-electron chi connectivity index (χ3n) is 2.83. The Balaban J connectivity index is 2.24. The van der Waals surface area contributed by atoms with Crippen LogP contribution in [-0.2, 0) is 4.74 Å². The molecule has 2 aromatic rings. The van der Waals surface area contributed by atoms with E-state index in [9.17, 15) is 0 Å². The number of nitrogens with zero attached hydrogens (tertiary/aromatic N) is 2. The van der Waals surface area contributed by atoms with Crippen LogP contribution in [0.15, 0.2) is 36.5 Å². The number of ether oxygens (including phenoxy) is 1. The minimum absolute atomic E-state index is 0.0410. The van der Waals surface area contributed by atoms with Crippen molar-refractivity contribution < 1.29 is 4.74 Å². The third-order valence-corrected chi connectivity index (χ3v) is 3.10. The number of hydrogen-bond donors (Lipinski definition) is 0. The van der Waals surface area contributed by atoms with Gasteiger partial charge in [0.25, 0.3) is 0 Å². The number of hydrogen-bond acceptors (Lipinski definition) is 3. The molecule has 1 aromatic carbocycles. The van der Waals surface area contributed by atoms with Crippen LogP contribution in [0.3, 0.4) is 0 Å². The predicted molar refractivity (Wildman–Crippen MR) is 76.5 cm³/mol. The molecular formula is C14H17ClN2O. The first-order valence-corrected chi connectivity index (χ1v) is 6.34. The van der Waals surface area contributed by atoms with Crippen LogP contribution in [0.4, 0.5) is 5.82 Å². The van der Waals surface area contributed by atoms with Crippen molar-refractivity contribution in [2.75, 3.05) is 32.2 Å². The summed E-state index contributed by atoms with van der Waals surface area (Å²) >= 11 is 6.18. The van der Waals surface area contributed by atoms with Crippen molar-refractivity contribution in [1.29, 1.82) is 0 Å². The Labute approximate surface area is 112 Å². The second-order valence-electron chi connectivity index (χ2n) is 4.29. The molecule has 2 rings (SSSR count). The average molecular weight is 265 g/mol. The van der Waals surface area contributed by atoms with Gasteiger partial charge < -0.3 is 9.64 Å². The molecule has 0 aliphatic carbocycles. The lowest BCUT2D eigenvalue weighted by Gasteiger charge is -2.22. The summed E-state index contributed by atoms with van der Waals surface area (Å²) in [6.07, 6.45) is 1.83. The molecule has 0 N–H and O–H groups in total. The molecule has 1 aromatic heterocycles. The predicted octanol–water partition coefficient (Wildman–Crippen LogP) is 2.92. The first kappa shape index (κ1) is 13.1. The minimum atomic E-state index is -0.0410. The van der Waals surface area contributed by atoms with Crippen molar-refractivity contribution in [1.82, 2.24) is 4.98 Å². The fourth-order valence-electron chi connectivity index (χ4n) is 2.03. The topological polar surface area (TPSA) is 25.4 Å². The van der Waals surface area contributed by atoms with Gasteiger partial charge in [-0.05, 0) is 11.5 Å². The molecule has 0 spiro atoms. The summed E-state index contributed by atoms with van der Waals surface area (Å²) in [5.74, 6) is 0.954. The number of alkyl halides is 1. The van der Waals surface area contributed by atoms with E-state index in [0.717, 1.165) is 11.2 Å². The van der Waals surface area contributed by atoms with Gasteiger partial charge in [0.05, 0.1) is 12.0 Å². The second kappa shape index (κ2) is 6.03. The van der Waals surface area contributed by atoms with E-state index in [1.807, 2.05) is 31.4 Å². The Kier molecular flexibility index (Phi) is 4.39. The van der Waals surface area contributed by atoms with Crippen molar-refractivity contribution in [3.8, 4) is 0 Å². The van der Waals surface area contributed by atoms with Gasteiger partial charge in [0.2, 0.25) is 0 Å². The number of rotatable bonds is 5. The Bertz CT molecular complexity index is 513. The van der Waals surface area contributed by atoms with Crippen LogP contribution in [-0.4, -0.2) is 37.7 Å². The number of fused-ring (bicyclic) bond motifs is 1. The second-order valence-corrected chi connectivity index (χ2v) is 4.91. The van der Waals surface area contributed by atoms with E-state index in [2.05, 4.69) is 22.0 Å². The molecule has 0 saturated carbocycles. The molecule has 3 nitrogen and oxygen atoms in total. The van der Waals surface area contributed by atoms with Crippen LogP contribution in [0.25, 0.3) is 10.8 Å². The molecule has 0 aliphatic heterocycles. The molecule has 0 fully saturated rings. The van der Waals surface area contributed by atoms with Gasteiger partial charge in [0.1, 0.15) is 5.82 Å². The largest absolute Gasteiger partial charge is 0.383 e. The summed E-state index contributed by atoms with van der Waals surface area (Å²) in [5, 5.41) is 2.29. The zero-order valence-electron chi connectivity index (χ0n) is 10.6. The normalized spacial score (nSPS) is 12.6. The smallest absolute Gasteiger partial charge is 0.136 e. The van der Waals surface area contributed by atoms with E-state index in [4.69, 9.17) is 16.3 Å². The molecule has 1 unspecified atom stereocenters. The van der Waals surface area contributed by atoms with Crippen molar-refractivity contribution in [3.63, 3.8) is 0 Å². The number of anilines is 1. The molecule has 0 bridgehead atoms. The first-order chi connectivity index (χ1) is 8.72. The SMILES string of the molecule is COCC(Cl)CN(C)c1nccc2ccccc12.